The third-order valence-corrected chi connectivity index (χ3v) is 7.93. The maximum absolute atomic E-state index is 13.8. The van der Waals surface area contributed by atoms with Crippen LogP contribution in [0, 0.1) is 17.1 Å². The van der Waals surface area contributed by atoms with Gasteiger partial charge in [-0.15, -0.1) is 5.10 Å². The number of benzene rings is 3. The number of anilines is 3. The first kappa shape index (κ1) is 27.9. The van der Waals surface area contributed by atoms with Gasteiger partial charge in [0, 0.05) is 35.5 Å². The standard InChI is InChI=1S/C31H27Cl2FN8/c1-17(2)42-16-28(40-41-42)30(19-4-3-18-7-8-36-14-20(18)9-19)39-23-10-24-29(38-22-5-6-27(34)25(32)11-22)21(13-35)15-37-31(24)26(33)12-23/h3-6,9-12,15-17,30,36,39H,7-8,14H2,1-2H3,(H,37,38)/t30-/m0/s1. The van der Waals surface area contributed by atoms with E-state index in [4.69, 9.17) is 23.2 Å². The van der Waals surface area contributed by atoms with Crippen LogP contribution in [0.4, 0.5) is 21.5 Å². The second kappa shape index (κ2) is 11.6. The lowest BCUT2D eigenvalue weighted by Crippen LogP contribution is -2.24. The maximum atomic E-state index is 13.8. The van der Waals surface area contributed by atoms with Crippen molar-refractivity contribution in [3.8, 4) is 6.07 Å². The highest BCUT2D eigenvalue weighted by atomic mass is 35.5. The first-order chi connectivity index (χ1) is 20.3. The Labute approximate surface area is 252 Å². The van der Waals surface area contributed by atoms with Gasteiger partial charge in [0.2, 0.25) is 0 Å². The lowest BCUT2D eigenvalue weighted by atomic mass is 9.94. The van der Waals surface area contributed by atoms with E-state index in [9.17, 15) is 9.65 Å². The number of pyridine rings is 1. The summed E-state index contributed by atoms with van der Waals surface area (Å²) in [6.45, 7) is 5.88. The van der Waals surface area contributed by atoms with E-state index in [0.717, 1.165) is 30.8 Å². The van der Waals surface area contributed by atoms with Gasteiger partial charge < -0.3 is 16.0 Å². The molecule has 0 saturated heterocycles. The van der Waals surface area contributed by atoms with Crippen LogP contribution in [0.1, 0.15) is 53.9 Å². The molecular weight excluding hydrogens is 574 g/mol. The van der Waals surface area contributed by atoms with Gasteiger partial charge in [-0.1, -0.05) is 46.6 Å². The molecule has 0 fully saturated rings. The van der Waals surface area contributed by atoms with Gasteiger partial charge >= 0.3 is 0 Å². The Bertz CT molecular complexity index is 1850. The molecule has 1 aliphatic rings. The molecule has 0 aliphatic carbocycles. The number of halogens is 3. The van der Waals surface area contributed by atoms with Gasteiger partial charge in [-0.3, -0.25) is 4.98 Å². The second-order valence-electron chi connectivity index (χ2n) is 10.5. The molecule has 0 amide bonds. The Hall–Kier alpha value is -4.23. The first-order valence-corrected chi connectivity index (χ1v) is 14.3. The lowest BCUT2D eigenvalue weighted by molar-refractivity contribution is 0.514. The van der Waals surface area contributed by atoms with Crippen LogP contribution in [-0.4, -0.2) is 26.5 Å². The molecule has 8 nitrogen and oxygen atoms in total. The summed E-state index contributed by atoms with van der Waals surface area (Å²) >= 11 is 12.8. The molecule has 0 bridgehead atoms. The van der Waals surface area contributed by atoms with Gasteiger partial charge in [-0.05, 0) is 73.8 Å². The molecule has 3 aromatic carbocycles. The Morgan fingerprint density at radius 3 is 2.64 bits per heavy atom. The van der Waals surface area contributed by atoms with Crippen LogP contribution in [0.5, 0.6) is 0 Å². The van der Waals surface area contributed by atoms with E-state index < -0.39 is 5.82 Å². The molecule has 3 N–H and O–H groups in total. The molecule has 3 heterocycles. The van der Waals surface area contributed by atoms with E-state index in [1.54, 1.807) is 12.1 Å². The minimum absolute atomic E-state index is 0.0326. The van der Waals surface area contributed by atoms with E-state index in [1.165, 1.54) is 29.5 Å². The fourth-order valence-electron chi connectivity index (χ4n) is 5.13. The van der Waals surface area contributed by atoms with Crippen molar-refractivity contribution in [3.63, 3.8) is 0 Å². The summed E-state index contributed by atoms with van der Waals surface area (Å²) in [5.74, 6) is -0.532. The predicted octanol–water partition coefficient (Wildman–Crippen LogP) is 7.32. The summed E-state index contributed by atoms with van der Waals surface area (Å²) in [7, 11) is 0. The zero-order valence-electron chi connectivity index (χ0n) is 22.9. The highest BCUT2D eigenvalue weighted by Gasteiger charge is 2.22. The van der Waals surface area contributed by atoms with Crippen LogP contribution in [0.25, 0.3) is 10.9 Å². The molecule has 6 rings (SSSR count). The van der Waals surface area contributed by atoms with Gasteiger partial charge in [-0.2, -0.15) is 5.26 Å². The molecule has 212 valence electrons. The average molecular weight is 602 g/mol. The summed E-state index contributed by atoms with van der Waals surface area (Å²) in [5, 5.41) is 30.0. The van der Waals surface area contributed by atoms with Crippen LogP contribution >= 0.6 is 23.2 Å². The number of nitrogens with zero attached hydrogens (tertiary/aromatic N) is 5. The average Bonchev–Trinajstić information content (AvgIpc) is 3.48. The van der Waals surface area contributed by atoms with Crippen LogP contribution in [0.3, 0.4) is 0 Å². The van der Waals surface area contributed by atoms with Crippen LogP contribution in [-0.2, 0) is 13.0 Å². The predicted molar refractivity (Wildman–Crippen MR) is 164 cm³/mol. The van der Waals surface area contributed by atoms with Crippen molar-refractivity contribution in [2.24, 2.45) is 0 Å². The highest BCUT2D eigenvalue weighted by molar-refractivity contribution is 6.36. The summed E-state index contributed by atoms with van der Waals surface area (Å²) < 4.78 is 15.6. The van der Waals surface area contributed by atoms with Crippen LogP contribution in [0.2, 0.25) is 10.0 Å². The van der Waals surface area contributed by atoms with Crippen molar-refractivity contribution in [1.82, 2.24) is 25.3 Å². The largest absolute Gasteiger partial charge is 0.373 e. The number of nitrogens with one attached hydrogen (secondary N) is 3. The van der Waals surface area contributed by atoms with Crippen LogP contribution < -0.4 is 16.0 Å². The zero-order chi connectivity index (χ0) is 29.4. The number of hydrogen-bond donors (Lipinski definition) is 3. The Kier molecular flexibility index (Phi) is 7.69. The Balaban J connectivity index is 1.45. The van der Waals surface area contributed by atoms with E-state index >= 15 is 0 Å². The van der Waals surface area contributed by atoms with Gasteiger partial charge in [0.1, 0.15) is 17.6 Å². The van der Waals surface area contributed by atoms with E-state index in [0.29, 0.717) is 38.6 Å². The summed E-state index contributed by atoms with van der Waals surface area (Å²) in [6.07, 6.45) is 4.40. The van der Waals surface area contributed by atoms with Crippen molar-refractivity contribution in [1.29, 1.82) is 5.26 Å². The molecule has 5 aromatic rings. The molecule has 1 aliphatic heterocycles. The topological polar surface area (TPSA) is 103 Å². The number of hydrogen-bond acceptors (Lipinski definition) is 7. The fraction of sp³-hybridized carbons (Fsp3) is 0.226. The first-order valence-electron chi connectivity index (χ1n) is 13.6. The zero-order valence-corrected chi connectivity index (χ0v) is 24.4. The summed E-state index contributed by atoms with van der Waals surface area (Å²) in [4.78, 5) is 4.45. The molecule has 0 radical (unpaired) electrons. The van der Waals surface area contributed by atoms with E-state index in [2.05, 4.69) is 69.4 Å². The molecule has 11 heteroatoms. The van der Waals surface area contributed by atoms with Crippen LogP contribution in [0.15, 0.2) is 60.9 Å². The maximum Gasteiger partial charge on any atom is 0.141 e. The monoisotopic (exact) mass is 600 g/mol. The minimum Gasteiger partial charge on any atom is -0.373 e. The van der Waals surface area contributed by atoms with Crippen molar-refractivity contribution in [2.75, 3.05) is 17.2 Å². The number of rotatable bonds is 7. The van der Waals surface area contributed by atoms with Crippen molar-refractivity contribution in [3.05, 3.63) is 105 Å². The van der Waals surface area contributed by atoms with Gasteiger partial charge in [0.25, 0.3) is 0 Å². The van der Waals surface area contributed by atoms with Gasteiger partial charge in [0.15, 0.2) is 0 Å². The fourth-order valence-corrected chi connectivity index (χ4v) is 5.58. The number of aromatic nitrogens is 4. The lowest BCUT2D eigenvalue weighted by Gasteiger charge is -2.23. The summed E-state index contributed by atoms with van der Waals surface area (Å²) in [6, 6.07) is 16.5. The molecule has 2 aromatic heterocycles. The smallest absolute Gasteiger partial charge is 0.141 e. The molecule has 0 unspecified atom stereocenters. The Morgan fingerprint density at radius 1 is 1.05 bits per heavy atom. The van der Waals surface area contributed by atoms with Crippen molar-refractivity contribution in [2.45, 2.75) is 38.9 Å². The van der Waals surface area contributed by atoms with Crippen molar-refractivity contribution < 1.29 is 4.39 Å². The normalized spacial score (nSPS) is 13.5. The van der Waals surface area contributed by atoms with E-state index in [1.807, 2.05) is 16.9 Å². The van der Waals surface area contributed by atoms with Crippen molar-refractivity contribution >= 4 is 51.2 Å². The highest BCUT2D eigenvalue weighted by Crippen LogP contribution is 2.37. The minimum atomic E-state index is -0.532. The quantitative estimate of drug-likeness (QED) is 0.180. The number of fused-ring (bicyclic) bond motifs is 2. The number of nitriles is 1. The van der Waals surface area contributed by atoms with E-state index in [-0.39, 0.29) is 17.1 Å². The molecule has 42 heavy (non-hydrogen) atoms. The van der Waals surface area contributed by atoms with Gasteiger partial charge in [0.05, 0.1) is 39.1 Å². The Morgan fingerprint density at radius 2 is 1.88 bits per heavy atom. The third kappa shape index (κ3) is 5.49. The van der Waals surface area contributed by atoms with Gasteiger partial charge in [-0.25, -0.2) is 9.07 Å². The summed E-state index contributed by atoms with van der Waals surface area (Å²) in [5.41, 5.74) is 6.90. The molecule has 1 atom stereocenters. The second-order valence-corrected chi connectivity index (χ2v) is 11.3. The molecule has 0 saturated carbocycles. The SMILES string of the molecule is CC(C)n1cc([C@@H](Nc2cc(Cl)c3ncc(C#N)c(Nc4ccc(F)c(Cl)c4)c3c2)c2ccc3c(c2)CNCC3)nn1. The molecular formula is C31H27Cl2FN8. The third-order valence-electron chi connectivity index (χ3n) is 7.35. The molecule has 0 spiro atoms.